The van der Waals surface area contributed by atoms with E-state index in [1.807, 2.05) is 0 Å². The zero-order chi connectivity index (χ0) is 7.28. The maximum Gasteiger partial charge on any atom is 0.0994 e. The lowest BCUT2D eigenvalue weighted by Gasteiger charge is -2.21. The van der Waals surface area contributed by atoms with Crippen molar-refractivity contribution < 1.29 is 4.74 Å². The Kier molecular flexibility index (Phi) is 4.09. The first-order valence-corrected chi connectivity index (χ1v) is 2.79. The minimum atomic E-state index is 0.396. The molecule has 0 saturated carbocycles. The van der Waals surface area contributed by atoms with Gasteiger partial charge in [-0.1, -0.05) is 6.58 Å². The van der Waals surface area contributed by atoms with Gasteiger partial charge in [0, 0.05) is 6.54 Å². The maximum absolute atomic E-state index is 10.2. The molecular weight excluding hydrogens is 118 g/mol. The second-order valence-corrected chi connectivity index (χ2v) is 1.90. The summed E-state index contributed by atoms with van der Waals surface area (Å²) in [5.41, 5.74) is 0. The molecule has 0 bridgehead atoms. The van der Waals surface area contributed by atoms with E-state index in [0.717, 1.165) is 5.06 Å². The van der Waals surface area contributed by atoms with Crippen LogP contribution in [0, 0.1) is 5.21 Å². The van der Waals surface area contributed by atoms with Gasteiger partial charge in [-0.05, 0) is 14.0 Å². The summed E-state index contributed by atoms with van der Waals surface area (Å²) >= 11 is 0. The number of likely N-dealkylation sites (N-methyl/N-ethyl adjacent to an activating group) is 1. The second kappa shape index (κ2) is 4.35. The number of nitrogens with zero attached hydrogens (tertiary/aromatic N) is 1. The Morgan fingerprint density at radius 1 is 1.78 bits per heavy atom. The predicted molar refractivity (Wildman–Crippen MR) is 36.8 cm³/mol. The van der Waals surface area contributed by atoms with E-state index >= 15 is 0 Å². The molecule has 3 heteroatoms. The fourth-order valence-corrected chi connectivity index (χ4v) is 0.348. The Morgan fingerprint density at radius 2 is 2.33 bits per heavy atom. The Balaban J connectivity index is 3.01. The highest BCUT2D eigenvalue weighted by Gasteiger charge is 1.84. The molecule has 0 spiro atoms. The molecular formula is C6H12NO2-. The smallest absolute Gasteiger partial charge is 0.0994 e. The van der Waals surface area contributed by atoms with Crippen LogP contribution in [0.4, 0.5) is 0 Å². The van der Waals surface area contributed by atoms with Crippen LogP contribution in [-0.2, 0) is 4.74 Å². The number of hydroxylamine groups is 2. The van der Waals surface area contributed by atoms with Crippen LogP contribution in [0.25, 0.3) is 0 Å². The highest BCUT2D eigenvalue weighted by molar-refractivity contribution is 4.73. The molecule has 0 fully saturated rings. The summed E-state index contributed by atoms with van der Waals surface area (Å²) in [6, 6.07) is 0. The van der Waals surface area contributed by atoms with Gasteiger partial charge in [-0.15, -0.1) is 0 Å². The third-order valence-corrected chi connectivity index (χ3v) is 0.755. The lowest BCUT2D eigenvalue weighted by Crippen LogP contribution is -2.15. The van der Waals surface area contributed by atoms with Crippen molar-refractivity contribution in [3.8, 4) is 0 Å². The summed E-state index contributed by atoms with van der Waals surface area (Å²) in [5.74, 6) is 0.650. The zero-order valence-electron chi connectivity index (χ0n) is 5.89. The summed E-state index contributed by atoms with van der Waals surface area (Å²) in [6.07, 6.45) is 0. The van der Waals surface area contributed by atoms with Crippen LogP contribution in [0.3, 0.4) is 0 Å². The average molecular weight is 130 g/mol. The molecule has 0 heterocycles. The molecule has 9 heavy (non-hydrogen) atoms. The highest BCUT2D eigenvalue weighted by Crippen LogP contribution is 1.88. The van der Waals surface area contributed by atoms with Crippen molar-refractivity contribution in [2.75, 3.05) is 20.2 Å². The normalized spacial score (nSPS) is 9.78. The first kappa shape index (κ1) is 8.46. The van der Waals surface area contributed by atoms with Crippen LogP contribution in [0.1, 0.15) is 6.92 Å². The van der Waals surface area contributed by atoms with Crippen LogP contribution in [0.5, 0.6) is 0 Å². The molecule has 0 aliphatic heterocycles. The zero-order valence-corrected chi connectivity index (χ0v) is 5.89. The van der Waals surface area contributed by atoms with Crippen LogP contribution >= 0.6 is 0 Å². The van der Waals surface area contributed by atoms with Crippen LogP contribution < -0.4 is 0 Å². The summed E-state index contributed by atoms with van der Waals surface area (Å²) in [4.78, 5) is 0. The minimum absolute atomic E-state index is 0.396. The van der Waals surface area contributed by atoms with Crippen molar-refractivity contribution in [2.45, 2.75) is 6.92 Å². The predicted octanol–water partition coefficient (Wildman–Crippen LogP) is 0.966. The van der Waals surface area contributed by atoms with E-state index in [0.29, 0.717) is 18.9 Å². The topological polar surface area (TPSA) is 35.5 Å². The van der Waals surface area contributed by atoms with Gasteiger partial charge in [0.25, 0.3) is 0 Å². The third kappa shape index (κ3) is 7.46. The van der Waals surface area contributed by atoms with E-state index in [4.69, 9.17) is 4.74 Å². The SMILES string of the molecule is C=C(C)OCCN(C)[O-]. The summed E-state index contributed by atoms with van der Waals surface area (Å²) < 4.78 is 4.92. The second-order valence-electron chi connectivity index (χ2n) is 1.90. The molecule has 0 unspecified atom stereocenters. The van der Waals surface area contributed by atoms with Gasteiger partial charge >= 0.3 is 0 Å². The van der Waals surface area contributed by atoms with Gasteiger partial charge in [0.15, 0.2) is 0 Å². The Hall–Kier alpha value is -0.540. The lowest BCUT2D eigenvalue weighted by atomic mass is 10.6. The van der Waals surface area contributed by atoms with Crippen molar-refractivity contribution in [1.29, 1.82) is 0 Å². The molecule has 54 valence electrons. The highest BCUT2D eigenvalue weighted by atomic mass is 16.5. The van der Waals surface area contributed by atoms with Crippen molar-refractivity contribution in [3.05, 3.63) is 17.5 Å². The monoisotopic (exact) mass is 130 g/mol. The number of hydrogen-bond donors (Lipinski definition) is 0. The van der Waals surface area contributed by atoms with Gasteiger partial charge in [-0.25, -0.2) is 0 Å². The van der Waals surface area contributed by atoms with Crippen molar-refractivity contribution in [1.82, 2.24) is 5.06 Å². The first-order valence-electron chi connectivity index (χ1n) is 2.79. The number of hydrogen-bond acceptors (Lipinski definition) is 3. The molecule has 0 radical (unpaired) electrons. The fourth-order valence-electron chi connectivity index (χ4n) is 0.348. The Labute approximate surface area is 55.5 Å². The van der Waals surface area contributed by atoms with Crippen molar-refractivity contribution in [2.24, 2.45) is 0 Å². The third-order valence-electron chi connectivity index (χ3n) is 0.755. The molecule has 3 nitrogen and oxygen atoms in total. The van der Waals surface area contributed by atoms with Crippen molar-refractivity contribution in [3.63, 3.8) is 0 Å². The van der Waals surface area contributed by atoms with E-state index in [-0.39, 0.29) is 0 Å². The molecule has 0 aromatic heterocycles. The molecule has 0 aliphatic rings. The quantitative estimate of drug-likeness (QED) is 0.420. The van der Waals surface area contributed by atoms with Gasteiger partial charge < -0.3 is 15.0 Å². The van der Waals surface area contributed by atoms with Crippen molar-refractivity contribution >= 4 is 0 Å². The number of rotatable bonds is 4. The first-order chi connectivity index (χ1) is 4.13. The van der Waals surface area contributed by atoms with Gasteiger partial charge in [0.2, 0.25) is 0 Å². The molecule has 0 amide bonds. The molecule has 0 rings (SSSR count). The largest absolute Gasteiger partial charge is 0.785 e. The summed E-state index contributed by atoms with van der Waals surface area (Å²) in [6.45, 7) is 6.09. The van der Waals surface area contributed by atoms with E-state index in [1.54, 1.807) is 6.92 Å². The molecule has 0 saturated heterocycles. The fraction of sp³-hybridized carbons (Fsp3) is 0.667. The van der Waals surface area contributed by atoms with Gasteiger partial charge in [0.05, 0.1) is 12.4 Å². The van der Waals surface area contributed by atoms with E-state index in [9.17, 15) is 5.21 Å². The molecule has 0 atom stereocenters. The summed E-state index contributed by atoms with van der Waals surface area (Å²) in [7, 11) is 1.46. The molecule has 0 aromatic rings. The molecule has 0 N–H and O–H groups in total. The van der Waals surface area contributed by atoms with Crippen LogP contribution in [0.2, 0.25) is 0 Å². The summed E-state index contributed by atoms with van der Waals surface area (Å²) in [5, 5.41) is 11.1. The van der Waals surface area contributed by atoms with E-state index < -0.39 is 0 Å². The Bertz CT molecular complexity index is 91.1. The van der Waals surface area contributed by atoms with Gasteiger partial charge in [-0.2, -0.15) is 0 Å². The molecule has 0 aromatic carbocycles. The number of ether oxygens (including phenoxy) is 1. The van der Waals surface area contributed by atoms with Gasteiger partial charge in [-0.3, -0.25) is 0 Å². The number of allylic oxidation sites excluding steroid dienone is 1. The standard InChI is InChI=1S/C6H12NO2/c1-6(2)9-5-4-7(3)8/h1,4-5H2,2-3H3/q-1. The van der Waals surface area contributed by atoms with E-state index in [1.165, 1.54) is 7.05 Å². The lowest BCUT2D eigenvalue weighted by molar-refractivity contribution is 0.193. The van der Waals surface area contributed by atoms with E-state index in [2.05, 4.69) is 6.58 Å². The Morgan fingerprint density at radius 3 is 2.67 bits per heavy atom. The van der Waals surface area contributed by atoms with Gasteiger partial charge in [0.1, 0.15) is 0 Å². The van der Waals surface area contributed by atoms with Crippen LogP contribution in [-0.4, -0.2) is 25.3 Å². The average Bonchev–Trinajstić information content (AvgIpc) is 1.63. The minimum Gasteiger partial charge on any atom is -0.785 e. The molecule has 0 aliphatic carbocycles. The van der Waals surface area contributed by atoms with Crippen LogP contribution in [0.15, 0.2) is 12.3 Å². The maximum atomic E-state index is 10.2.